The van der Waals surface area contributed by atoms with Crippen LogP contribution in [0.4, 0.5) is 28.4 Å². The van der Waals surface area contributed by atoms with Crippen LogP contribution in [0.3, 0.4) is 0 Å². The van der Waals surface area contributed by atoms with Gasteiger partial charge in [0.05, 0.1) is 0 Å². The highest BCUT2D eigenvalue weighted by atomic mass is 16.3. The molecular weight excluding hydrogens is 550 g/mol. The second-order valence-electron chi connectivity index (χ2n) is 16.1. The lowest BCUT2D eigenvalue weighted by atomic mass is 9.78. The standard InChI is InChI=1S/C41H55N3O/c1-28(26-39(2,3)4)23-29-11-13-32(14-12-29)43-34-19-21-35(22-20-34)44-33-17-15-31(16-18-33)42-27-30-24-36(40(5,6)7)38(45)37(25-30)41(8,9)10/h11-22,24-25,28,42-45H,23,26-27H2,1-10H3. The van der Waals surface area contributed by atoms with Gasteiger partial charge in [0, 0.05) is 35.0 Å². The van der Waals surface area contributed by atoms with E-state index in [0.717, 1.165) is 46.0 Å². The van der Waals surface area contributed by atoms with Crippen LogP contribution in [-0.2, 0) is 23.8 Å². The van der Waals surface area contributed by atoms with Crippen LogP contribution in [0.1, 0.15) is 97.9 Å². The molecule has 4 nitrogen and oxygen atoms in total. The van der Waals surface area contributed by atoms with E-state index in [1.165, 1.54) is 17.5 Å². The van der Waals surface area contributed by atoms with Crippen LogP contribution in [-0.4, -0.2) is 5.11 Å². The Morgan fingerprint density at radius 3 is 1.31 bits per heavy atom. The number of benzene rings is 4. The summed E-state index contributed by atoms with van der Waals surface area (Å²) in [6.45, 7) is 22.9. The maximum Gasteiger partial charge on any atom is 0.123 e. The second-order valence-corrected chi connectivity index (χ2v) is 16.1. The lowest BCUT2D eigenvalue weighted by Crippen LogP contribution is -2.18. The Morgan fingerprint density at radius 1 is 0.556 bits per heavy atom. The van der Waals surface area contributed by atoms with Crippen molar-refractivity contribution in [3.8, 4) is 5.75 Å². The van der Waals surface area contributed by atoms with Gasteiger partial charge in [0.1, 0.15) is 5.75 Å². The van der Waals surface area contributed by atoms with Gasteiger partial charge in [-0.3, -0.25) is 0 Å². The Kier molecular flexibility index (Phi) is 10.3. The van der Waals surface area contributed by atoms with E-state index in [1.54, 1.807) is 0 Å². The summed E-state index contributed by atoms with van der Waals surface area (Å²) >= 11 is 0. The summed E-state index contributed by atoms with van der Waals surface area (Å²) in [5.41, 5.74) is 9.91. The van der Waals surface area contributed by atoms with Crippen molar-refractivity contribution in [1.82, 2.24) is 0 Å². The minimum Gasteiger partial charge on any atom is -0.507 e. The minimum atomic E-state index is -0.141. The van der Waals surface area contributed by atoms with Crippen LogP contribution in [0.2, 0.25) is 0 Å². The first kappa shape index (κ1) is 34.0. The van der Waals surface area contributed by atoms with Crippen molar-refractivity contribution in [2.45, 2.75) is 99.5 Å². The van der Waals surface area contributed by atoms with Crippen molar-refractivity contribution in [2.75, 3.05) is 16.0 Å². The summed E-state index contributed by atoms with van der Waals surface area (Å²) in [5, 5.41) is 21.6. The van der Waals surface area contributed by atoms with E-state index in [0.29, 0.717) is 23.6 Å². The third-order valence-corrected chi connectivity index (χ3v) is 8.13. The molecule has 0 saturated carbocycles. The zero-order chi connectivity index (χ0) is 33.0. The summed E-state index contributed by atoms with van der Waals surface area (Å²) in [4.78, 5) is 0. The normalized spacial score (nSPS) is 12.9. The zero-order valence-corrected chi connectivity index (χ0v) is 29.2. The van der Waals surface area contributed by atoms with Crippen LogP contribution in [0, 0.1) is 11.3 Å². The number of phenolic OH excluding ortho intramolecular Hbond substituents is 1. The van der Waals surface area contributed by atoms with Crippen molar-refractivity contribution >= 4 is 28.4 Å². The Morgan fingerprint density at radius 2 is 0.933 bits per heavy atom. The molecule has 4 aromatic rings. The molecule has 0 heterocycles. The number of anilines is 5. The second kappa shape index (κ2) is 13.6. The van der Waals surface area contributed by atoms with E-state index < -0.39 is 0 Å². The predicted octanol–water partition coefficient (Wildman–Crippen LogP) is 11.7. The Bertz CT molecular complexity index is 1500. The van der Waals surface area contributed by atoms with Crippen LogP contribution < -0.4 is 16.0 Å². The van der Waals surface area contributed by atoms with Gasteiger partial charge in [0.15, 0.2) is 0 Å². The van der Waals surface area contributed by atoms with Gasteiger partial charge in [-0.05, 0) is 130 Å². The third-order valence-electron chi connectivity index (χ3n) is 8.13. The van der Waals surface area contributed by atoms with Crippen LogP contribution in [0.5, 0.6) is 5.75 Å². The molecule has 0 radical (unpaired) electrons. The number of hydrogen-bond acceptors (Lipinski definition) is 4. The van der Waals surface area contributed by atoms with E-state index in [-0.39, 0.29) is 10.8 Å². The topological polar surface area (TPSA) is 56.3 Å². The average Bonchev–Trinajstić information content (AvgIpc) is 2.93. The molecule has 1 atom stereocenters. The Labute approximate surface area is 272 Å². The SMILES string of the molecule is CC(Cc1ccc(Nc2ccc(Nc3ccc(NCc4cc(C(C)(C)C)c(O)c(C(C)(C)C)c4)cc3)cc2)cc1)CC(C)(C)C. The van der Waals surface area contributed by atoms with Gasteiger partial charge < -0.3 is 21.1 Å². The van der Waals surface area contributed by atoms with Crippen molar-refractivity contribution < 1.29 is 5.11 Å². The summed E-state index contributed by atoms with van der Waals surface area (Å²) in [5.74, 6) is 1.09. The van der Waals surface area contributed by atoms with Crippen LogP contribution in [0.15, 0.2) is 84.9 Å². The molecule has 0 aliphatic carbocycles. The van der Waals surface area contributed by atoms with Gasteiger partial charge in [-0.25, -0.2) is 0 Å². The Balaban J connectivity index is 1.32. The van der Waals surface area contributed by atoms with E-state index in [1.807, 2.05) is 0 Å². The zero-order valence-electron chi connectivity index (χ0n) is 29.2. The summed E-state index contributed by atoms with van der Waals surface area (Å²) < 4.78 is 0. The van der Waals surface area contributed by atoms with E-state index in [9.17, 15) is 5.11 Å². The highest BCUT2D eigenvalue weighted by Gasteiger charge is 2.26. The molecule has 4 aromatic carbocycles. The highest BCUT2D eigenvalue weighted by Crippen LogP contribution is 2.40. The van der Waals surface area contributed by atoms with E-state index in [2.05, 4.69) is 170 Å². The molecule has 4 rings (SSSR count). The van der Waals surface area contributed by atoms with Gasteiger partial charge >= 0.3 is 0 Å². The first-order valence-electron chi connectivity index (χ1n) is 16.4. The van der Waals surface area contributed by atoms with Gasteiger partial charge in [-0.1, -0.05) is 81.4 Å². The molecular formula is C41H55N3O. The van der Waals surface area contributed by atoms with Gasteiger partial charge in [-0.15, -0.1) is 0 Å². The van der Waals surface area contributed by atoms with Gasteiger partial charge in [0.2, 0.25) is 0 Å². The van der Waals surface area contributed by atoms with Crippen LogP contribution in [0.25, 0.3) is 0 Å². The summed E-state index contributed by atoms with van der Waals surface area (Å²) in [6.07, 6.45) is 2.34. The fourth-order valence-corrected chi connectivity index (χ4v) is 6.03. The molecule has 1 unspecified atom stereocenters. The van der Waals surface area contributed by atoms with Crippen molar-refractivity contribution in [2.24, 2.45) is 11.3 Å². The quantitative estimate of drug-likeness (QED) is 0.145. The first-order chi connectivity index (χ1) is 21.0. The molecule has 0 bridgehead atoms. The van der Waals surface area contributed by atoms with E-state index >= 15 is 0 Å². The predicted molar refractivity (Wildman–Crippen MR) is 196 cm³/mol. The maximum atomic E-state index is 11.0. The lowest BCUT2D eigenvalue weighted by molar-refractivity contribution is 0.306. The molecule has 0 amide bonds. The van der Waals surface area contributed by atoms with Crippen molar-refractivity contribution in [1.29, 1.82) is 0 Å². The first-order valence-corrected chi connectivity index (χ1v) is 16.4. The lowest BCUT2D eigenvalue weighted by Gasteiger charge is -2.28. The number of phenols is 1. The number of hydrogen-bond donors (Lipinski definition) is 4. The van der Waals surface area contributed by atoms with Gasteiger partial charge in [-0.2, -0.15) is 0 Å². The largest absolute Gasteiger partial charge is 0.507 e. The summed E-state index contributed by atoms with van der Waals surface area (Å²) in [7, 11) is 0. The molecule has 45 heavy (non-hydrogen) atoms. The van der Waals surface area contributed by atoms with Crippen molar-refractivity contribution in [3.63, 3.8) is 0 Å². The fraction of sp³-hybridized carbons (Fsp3) is 0.415. The molecule has 4 heteroatoms. The number of aromatic hydroxyl groups is 1. The fourth-order valence-electron chi connectivity index (χ4n) is 6.03. The molecule has 0 saturated heterocycles. The Hall–Kier alpha value is -3.92. The van der Waals surface area contributed by atoms with Crippen molar-refractivity contribution in [3.05, 3.63) is 107 Å². The monoisotopic (exact) mass is 605 g/mol. The summed E-state index contributed by atoms with van der Waals surface area (Å²) in [6, 6.07) is 29.9. The minimum absolute atomic E-state index is 0.141. The average molecular weight is 606 g/mol. The smallest absolute Gasteiger partial charge is 0.123 e. The molecule has 0 spiro atoms. The van der Waals surface area contributed by atoms with E-state index in [4.69, 9.17) is 0 Å². The molecule has 0 aliphatic heterocycles. The molecule has 0 fully saturated rings. The molecule has 0 aliphatic rings. The molecule has 4 N–H and O–H groups in total. The number of rotatable bonds is 10. The van der Waals surface area contributed by atoms with Gasteiger partial charge in [0.25, 0.3) is 0 Å². The molecule has 240 valence electrons. The molecule has 0 aromatic heterocycles. The third kappa shape index (κ3) is 10.0. The maximum absolute atomic E-state index is 11.0. The highest BCUT2D eigenvalue weighted by molar-refractivity contribution is 5.67. The van der Waals surface area contributed by atoms with Crippen LogP contribution >= 0.6 is 0 Å². The number of nitrogens with one attached hydrogen (secondary N) is 3.